The zero-order valence-electron chi connectivity index (χ0n) is 11.3. The second-order valence-electron chi connectivity index (χ2n) is 5.51. The van der Waals surface area contributed by atoms with Crippen LogP contribution in [-0.4, -0.2) is 17.7 Å². The van der Waals surface area contributed by atoms with Crippen LogP contribution in [0.25, 0.3) is 10.9 Å². The molecule has 1 unspecified atom stereocenters. The van der Waals surface area contributed by atoms with Gasteiger partial charge in [-0.2, -0.15) is 0 Å². The van der Waals surface area contributed by atoms with Gasteiger partial charge in [0.25, 0.3) is 0 Å². The molecule has 0 amide bonds. The number of nitrogens with two attached hydrogens (primary N) is 1. The average Bonchev–Trinajstić information content (AvgIpc) is 2.42. The Morgan fingerprint density at radius 1 is 1.37 bits per heavy atom. The van der Waals surface area contributed by atoms with E-state index in [9.17, 15) is 0 Å². The first kappa shape index (κ1) is 12.6. The molecule has 2 aromatic rings. The van der Waals surface area contributed by atoms with Gasteiger partial charge in [-0.3, -0.25) is 4.98 Å². The third kappa shape index (κ3) is 2.36. The van der Waals surface area contributed by atoms with Gasteiger partial charge in [0.1, 0.15) is 0 Å². The van der Waals surface area contributed by atoms with Crippen LogP contribution in [-0.2, 0) is 4.74 Å². The fraction of sp³-hybridized carbons (Fsp3) is 0.438. The fourth-order valence-electron chi connectivity index (χ4n) is 2.90. The van der Waals surface area contributed by atoms with Crippen LogP contribution in [0.15, 0.2) is 36.5 Å². The molecule has 1 heterocycles. The largest absolute Gasteiger partial charge is 0.378 e. The second kappa shape index (κ2) is 4.91. The van der Waals surface area contributed by atoms with Crippen LogP contribution < -0.4 is 5.73 Å². The summed E-state index contributed by atoms with van der Waals surface area (Å²) in [5.74, 6) is 0. The maximum absolute atomic E-state index is 6.35. The van der Waals surface area contributed by atoms with E-state index in [0.29, 0.717) is 0 Å². The standard InChI is InChI=1S/C16H20N2O/c1-19-16(7-3-8-16)11-14(17)13-6-5-12-4-2-9-18-15(12)10-13/h2,4-6,9-10,14H,3,7-8,11,17H2,1H3. The molecule has 1 saturated carbocycles. The lowest BCUT2D eigenvalue weighted by Crippen LogP contribution is -2.41. The Balaban J connectivity index is 1.83. The topological polar surface area (TPSA) is 48.1 Å². The maximum Gasteiger partial charge on any atom is 0.0705 e. The van der Waals surface area contributed by atoms with Gasteiger partial charge in [0.05, 0.1) is 11.1 Å². The van der Waals surface area contributed by atoms with E-state index in [4.69, 9.17) is 10.5 Å². The summed E-state index contributed by atoms with van der Waals surface area (Å²) in [6, 6.07) is 10.3. The molecular weight excluding hydrogens is 236 g/mol. The molecule has 2 N–H and O–H groups in total. The van der Waals surface area contributed by atoms with Crippen LogP contribution in [0.4, 0.5) is 0 Å². The molecule has 1 aliphatic rings. The molecule has 19 heavy (non-hydrogen) atoms. The monoisotopic (exact) mass is 256 g/mol. The van der Waals surface area contributed by atoms with Gasteiger partial charge < -0.3 is 10.5 Å². The second-order valence-corrected chi connectivity index (χ2v) is 5.51. The molecule has 0 aliphatic heterocycles. The molecule has 1 aromatic heterocycles. The molecule has 3 heteroatoms. The number of methoxy groups -OCH3 is 1. The zero-order chi connectivity index (χ0) is 13.3. The van der Waals surface area contributed by atoms with Crippen LogP contribution >= 0.6 is 0 Å². The zero-order valence-corrected chi connectivity index (χ0v) is 11.3. The number of hydrogen-bond acceptors (Lipinski definition) is 3. The van der Waals surface area contributed by atoms with Crippen molar-refractivity contribution in [3.8, 4) is 0 Å². The van der Waals surface area contributed by atoms with Crippen LogP contribution in [0.1, 0.15) is 37.3 Å². The first-order valence-electron chi connectivity index (χ1n) is 6.88. The minimum absolute atomic E-state index is 0.0124. The first-order chi connectivity index (χ1) is 9.22. The van der Waals surface area contributed by atoms with Crippen molar-refractivity contribution >= 4 is 10.9 Å². The van der Waals surface area contributed by atoms with Gasteiger partial charge in [0.15, 0.2) is 0 Å². The number of fused-ring (bicyclic) bond motifs is 1. The van der Waals surface area contributed by atoms with E-state index in [1.807, 2.05) is 12.3 Å². The molecule has 1 aliphatic carbocycles. The van der Waals surface area contributed by atoms with Crippen molar-refractivity contribution in [2.45, 2.75) is 37.3 Å². The Labute approximate surface area is 113 Å². The summed E-state index contributed by atoms with van der Waals surface area (Å²) in [6.07, 6.45) is 6.22. The predicted octanol–water partition coefficient (Wildman–Crippen LogP) is 3.19. The Morgan fingerprint density at radius 2 is 2.21 bits per heavy atom. The Hall–Kier alpha value is -1.45. The van der Waals surface area contributed by atoms with Crippen molar-refractivity contribution in [1.82, 2.24) is 4.98 Å². The molecule has 0 spiro atoms. The predicted molar refractivity (Wildman–Crippen MR) is 76.9 cm³/mol. The highest BCUT2D eigenvalue weighted by Gasteiger charge is 2.38. The summed E-state index contributed by atoms with van der Waals surface area (Å²) in [5, 5.41) is 1.16. The average molecular weight is 256 g/mol. The molecule has 0 bridgehead atoms. The van der Waals surface area contributed by atoms with Crippen LogP contribution in [0.3, 0.4) is 0 Å². The molecule has 3 nitrogen and oxygen atoms in total. The summed E-state index contributed by atoms with van der Waals surface area (Å²) in [7, 11) is 1.80. The summed E-state index contributed by atoms with van der Waals surface area (Å²) in [5.41, 5.74) is 8.52. The van der Waals surface area contributed by atoms with Gasteiger partial charge in [0, 0.05) is 24.7 Å². The van der Waals surface area contributed by atoms with Crippen molar-refractivity contribution in [2.24, 2.45) is 5.73 Å². The van der Waals surface area contributed by atoms with Crippen LogP contribution in [0.5, 0.6) is 0 Å². The summed E-state index contributed by atoms with van der Waals surface area (Å²) >= 11 is 0. The number of pyridine rings is 1. The van der Waals surface area contributed by atoms with E-state index in [1.54, 1.807) is 7.11 Å². The molecule has 1 fully saturated rings. The van der Waals surface area contributed by atoms with Gasteiger partial charge in [-0.15, -0.1) is 0 Å². The number of ether oxygens (including phenoxy) is 1. The van der Waals surface area contributed by atoms with E-state index >= 15 is 0 Å². The molecule has 1 aromatic carbocycles. The van der Waals surface area contributed by atoms with Crippen molar-refractivity contribution < 1.29 is 4.74 Å². The molecule has 0 saturated heterocycles. The van der Waals surface area contributed by atoms with E-state index in [2.05, 4.69) is 29.2 Å². The van der Waals surface area contributed by atoms with Gasteiger partial charge in [-0.05, 0) is 43.4 Å². The Morgan fingerprint density at radius 3 is 2.89 bits per heavy atom. The summed E-state index contributed by atoms with van der Waals surface area (Å²) < 4.78 is 5.66. The third-order valence-electron chi connectivity index (χ3n) is 4.35. The third-order valence-corrected chi connectivity index (χ3v) is 4.35. The lowest BCUT2D eigenvalue weighted by Gasteiger charge is -2.42. The number of aromatic nitrogens is 1. The summed E-state index contributed by atoms with van der Waals surface area (Å²) in [6.45, 7) is 0. The van der Waals surface area contributed by atoms with Crippen LogP contribution in [0.2, 0.25) is 0 Å². The van der Waals surface area contributed by atoms with E-state index < -0.39 is 0 Å². The Kier molecular flexibility index (Phi) is 3.25. The molecule has 100 valence electrons. The quantitative estimate of drug-likeness (QED) is 0.913. The SMILES string of the molecule is COC1(CC(N)c2ccc3cccnc3c2)CCC1. The lowest BCUT2D eigenvalue weighted by molar-refractivity contribution is -0.0816. The minimum atomic E-state index is 0.0124. The van der Waals surface area contributed by atoms with Gasteiger partial charge >= 0.3 is 0 Å². The van der Waals surface area contributed by atoms with E-state index in [1.165, 1.54) is 6.42 Å². The molecular formula is C16H20N2O. The van der Waals surface area contributed by atoms with Crippen molar-refractivity contribution in [3.63, 3.8) is 0 Å². The molecule has 1 atom stereocenters. The van der Waals surface area contributed by atoms with Gasteiger partial charge in [-0.1, -0.05) is 18.2 Å². The fourth-order valence-corrected chi connectivity index (χ4v) is 2.90. The number of hydrogen-bond donors (Lipinski definition) is 1. The highest BCUT2D eigenvalue weighted by atomic mass is 16.5. The van der Waals surface area contributed by atoms with E-state index in [0.717, 1.165) is 35.7 Å². The normalized spacial score (nSPS) is 19.1. The van der Waals surface area contributed by atoms with Crippen molar-refractivity contribution in [3.05, 3.63) is 42.1 Å². The Bertz CT molecular complexity index is 572. The molecule has 0 radical (unpaired) electrons. The summed E-state index contributed by atoms with van der Waals surface area (Å²) in [4.78, 5) is 4.39. The molecule has 3 rings (SSSR count). The van der Waals surface area contributed by atoms with E-state index in [-0.39, 0.29) is 11.6 Å². The lowest BCUT2D eigenvalue weighted by atomic mass is 9.75. The van der Waals surface area contributed by atoms with Crippen molar-refractivity contribution in [1.29, 1.82) is 0 Å². The highest BCUT2D eigenvalue weighted by molar-refractivity contribution is 5.78. The van der Waals surface area contributed by atoms with Gasteiger partial charge in [0.2, 0.25) is 0 Å². The number of benzene rings is 1. The highest BCUT2D eigenvalue weighted by Crippen LogP contribution is 2.41. The number of nitrogens with zero attached hydrogens (tertiary/aromatic N) is 1. The van der Waals surface area contributed by atoms with Crippen LogP contribution in [0, 0.1) is 0 Å². The smallest absolute Gasteiger partial charge is 0.0705 e. The van der Waals surface area contributed by atoms with Gasteiger partial charge in [-0.25, -0.2) is 0 Å². The number of rotatable bonds is 4. The maximum atomic E-state index is 6.35. The first-order valence-corrected chi connectivity index (χ1v) is 6.88. The van der Waals surface area contributed by atoms with Crippen molar-refractivity contribution in [2.75, 3.05) is 7.11 Å². The minimum Gasteiger partial charge on any atom is -0.378 e.